The van der Waals surface area contributed by atoms with E-state index in [1.54, 1.807) is 17.0 Å². The Bertz CT molecular complexity index is 1070. The van der Waals surface area contributed by atoms with Crippen molar-refractivity contribution in [3.63, 3.8) is 0 Å². The Hall–Kier alpha value is -3.48. The van der Waals surface area contributed by atoms with Gasteiger partial charge in [0.25, 0.3) is 5.69 Å². The Balaban J connectivity index is 1.96. The fourth-order valence-corrected chi connectivity index (χ4v) is 4.50. The number of nitro groups is 1. The molecule has 2 aliphatic rings. The molecule has 0 unspecified atom stereocenters. The van der Waals surface area contributed by atoms with Gasteiger partial charge in [-0.2, -0.15) is 0 Å². The molecule has 2 atom stereocenters. The predicted octanol–water partition coefficient (Wildman–Crippen LogP) is 4.61. The van der Waals surface area contributed by atoms with Crippen LogP contribution >= 0.6 is 0 Å². The number of Topliss-reactive ketones (excluding diaryl/α,β-unsaturated/α-hetero) is 1. The lowest BCUT2D eigenvalue weighted by molar-refractivity contribution is -0.384. The number of fused-ring (bicyclic) bond motifs is 2. The van der Waals surface area contributed by atoms with E-state index in [1.807, 2.05) is 38.1 Å². The highest BCUT2D eigenvalue weighted by molar-refractivity contribution is 6.00. The largest absolute Gasteiger partial charge is 0.357 e. The topological polar surface area (TPSA) is 92.6 Å². The molecule has 30 heavy (non-hydrogen) atoms. The van der Waals surface area contributed by atoms with Crippen molar-refractivity contribution in [1.82, 2.24) is 0 Å². The Morgan fingerprint density at radius 1 is 1.17 bits per heavy atom. The molecule has 0 saturated heterocycles. The first-order valence-electron chi connectivity index (χ1n) is 9.83. The molecule has 2 aromatic carbocycles. The first-order valence-corrected chi connectivity index (χ1v) is 9.83. The molecule has 0 spiro atoms. The highest BCUT2D eigenvalue weighted by Crippen LogP contribution is 2.48. The molecule has 1 aliphatic heterocycles. The predicted molar refractivity (Wildman–Crippen MR) is 114 cm³/mol. The number of ketones is 1. The number of nitro benzene ring substituents is 1. The Morgan fingerprint density at radius 3 is 2.47 bits per heavy atom. The Kier molecular flexibility index (Phi) is 4.68. The van der Waals surface area contributed by atoms with Gasteiger partial charge in [-0.15, -0.1) is 0 Å². The van der Waals surface area contributed by atoms with E-state index in [1.165, 1.54) is 19.1 Å². The van der Waals surface area contributed by atoms with Crippen molar-refractivity contribution in [2.75, 3.05) is 10.2 Å². The molecule has 0 saturated carbocycles. The summed E-state index contributed by atoms with van der Waals surface area (Å²) in [5.74, 6) is -0.755. The van der Waals surface area contributed by atoms with Crippen LogP contribution < -0.4 is 10.2 Å². The van der Waals surface area contributed by atoms with Crippen LogP contribution in [-0.4, -0.2) is 16.6 Å². The summed E-state index contributed by atoms with van der Waals surface area (Å²) in [5.41, 5.74) is 2.52. The highest BCUT2D eigenvalue weighted by atomic mass is 16.6. The average molecular weight is 405 g/mol. The van der Waals surface area contributed by atoms with Gasteiger partial charge in [-0.1, -0.05) is 44.2 Å². The van der Waals surface area contributed by atoms with Crippen molar-refractivity contribution in [2.24, 2.45) is 11.3 Å². The van der Waals surface area contributed by atoms with Crippen molar-refractivity contribution in [2.45, 2.75) is 33.2 Å². The van der Waals surface area contributed by atoms with E-state index in [9.17, 15) is 19.7 Å². The zero-order valence-electron chi connectivity index (χ0n) is 17.1. The fraction of sp³-hybridized carbons (Fsp3) is 0.304. The number of non-ortho nitro benzene ring substituents is 1. The average Bonchev–Trinajstić information content (AvgIpc) is 2.81. The standard InChI is InChI=1S/C23H23N3O4/c1-14(27)25-19-7-5-4-6-17(19)24-18-12-23(2,3)13-20(28)21(18)22(25)15-8-10-16(11-9-15)26(29)30/h4-12,21-22,24H,13H2,1-3H3/t21-,22+/m0/s1. The third-order valence-corrected chi connectivity index (χ3v) is 5.68. The van der Waals surface area contributed by atoms with Crippen LogP contribution in [0.5, 0.6) is 0 Å². The van der Waals surface area contributed by atoms with Gasteiger partial charge in [0.05, 0.1) is 28.3 Å². The normalized spacial score (nSPS) is 22.2. The van der Waals surface area contributed by atoms with Crippen LogP contribution in [0.4, 0.5) is 17.1 Å². The summed E-state index contributed by atoms with van der Waals surface area (Å²) in [6.45, 7) is 5.49. The van der Waals surface area contributed by atoms with E-state index in [4.69, 9.17) is 0 Å². The zero-order chi connectivity index (χ0) is 21.6. The minimum absolute atomic E-state index is 0.0346. The van der Waals surface area contributed by atoms with E-state index in [2.05, 4.69) is 11.4 Å². The first kappa shape index (κ1) is 19.8. The summed E-state index contributed by atoms with van der Waals surface area (Å²) in [7, 11) is 0. The number of allylic oxidation sites excluding steroid dienone is 1. The van der Waals surface area contributed by atoms with E-state index < -0.39 is 16.9 Å². The monoisotopic (exact) mass is 405 g/mol. The molecule has 1 aliphatic carbocycles. The van der Waals surface area contributed by atoms with Gasteiger partial charge in [0.2, 0.25) is 5.91 Å². The van der Waals surface area contributed by atoms with Gasteiger partial charge in [-0.05, 0) is 23.1 Å². The molecule has 154 valence electrons. The number of carbonyl (C=O) groups is 2. The molecule has 1 heterocycles. The maximum atomic E-state index is 13.3. The number of nitrogens with zero attached hydrogens (tertiary/aromatic N) is 2. The maximum Gasteiger partial charge on any atom is 0.269 e. The van der Waals surface area contributed by atoms with Crippen LogP contribution in [0.3, 0.4) is 0 Å². The molecular formula is C23H23N3O4. The number of hydrogen-bond acceptors (Lipinski definition) is 5. The van der Waals surface area contributed by atoms with Crippen LogP contribution in [0.25, 0.3) is 0 Å². The molecule has 2 aromatic rings. The summed E-state index contributed by atoms with van der Waals surface area (Å²) in [5, 5.41) is 14.5. The number of para-hydroxylation sites is 2. The second-order valence-corrected chi connectivity index (χ2v) is 8.53. The number of rotatable bonds is 2. The van der Waals surface area contributed by atoms with E-state index >= 15 is 0 Å². The lowest BCUT2D eigenvalue weighted by atomic mass is 9.72. The SMILES string of the molecule is CC(=O)N1c2ccccc2NC2=CC(C)(C)CC(=O)[C@H]2[C@H]1c1ccc([N+](=O)[O-])cc1. The van der Waals surface area contributed by atoms with Crippen molar-refractivity contribution in [3.8, 4) is 0 Å². The fourth-order valence-electron chi connectivity index (χ4n) is 4.50. The number of benzene rings is 2. The van der Waals surface area contributed by atoms with Gasteiger partial charge in [0, 0.05) is 31.2 Å². The lowest BCUT2D eigenvalue weighted by Crippen LogP contribution is -2.42. The summed E-state index contributed by atoms with van der Waals surface area (Å²) >= 11 is 0. The third kappa shape index (κ3) is 3.36. The first-order chi connectivity index (χ1) is 14.2. The summed E-state index contributed by atoms with van der Waals surface area (Å²) in [6.07, 6.45) is 2.42. The third-order valence-electron chi connectivity index (χ3n) is 5.68. The summed E-state index contributed by atoms with van der Waals surface area (Å²) in [4.78, 5) is 38.5. The molecule has 7 nitrogen and oxygen atoms in total. The van der Waals surface area contributed by atoms with Crippen molar-refractivity contribution < 1.29 is 14.5 Å². The summed E-state index contributed by atoms with van der Waals surface area (Å²) < 4.78 is 0. The van der Waals surface area contributed by atoms with Crippen LogP contribution in [-0.2, 0) is 9.59 Å². The van der Waals surface area contributed by atoms with Crippen molar-refractivity contribution in [1.29, 1.82) is 0 Å². The Labute approximate surface area is 174 Å². The van der Waals surface area contributed by atoms with Gasteiger partial charge in [-0.3, -0.25) is 19.7 Å². The lowest BCUT2D eigenvalue weighted by Gasteiger charge is -2.38. The number of carbonyl (C=O) groups excluding carboxylic acids is 2. The second kappa shape index (κ2) is 7.09. The maximum absolute atomic E-state index is 13.3. The minimum atomic E-state index is -0.602. The number of anilines is 2. The summed E-state index contributed by atoms with van der Waals surface area (Å²) in [6, 6.07) is 12.9. The zero-order valence-corrected chi connectivity index (χ0v) is 17.1. The quantitative estimate of drug-likeness (QED) is 0.582. The van der Waals surface area contributed by atoms with E-state index in [-0.39, 0.29) is 22.8 Å². The number of hydrogen-bond donors (Lipinski definition) is 1. The molecule has 4 rings (SSSR count). The van der Waals surface area contributed by atoms with Crippen LogP contribution in [0.2, 0.25) is 0 Å². The van der Waals surface area contributed by atoms with Crippen LogP contribution in [0.15, 0.2) is 60.3 Å². The van der Waals surface area contributed by atoms with Gasteiger partial charge < -0.3 is 10.2 Å². The molecule has 7 heteroatoms. The smallest absolute Gasteiger partial charge is 0.269 e. The van der Waals surface area contributed by atoms with Crippen molar-refractivity contribution in [3.05, 3.63) is 76.0 Å². The minimum Gasteiger partial charge on any atom is -0.357 e. The molecule has 1 N–H and O–H groups in total. The van der Waals surface area contributed by atoms with Gasteiger partial charge in [-0.25, -0.2) is 0 Å². The molecule has 0 radical (unpaired) electrons. The highest BCUT2D eigenvalue weighted by Gasteiger charge is 2.45. The van der Waals surface area contributed by atoms with Gasteiger partial charge in [0.1, 0.15) is 5.78 Å². The molecule has 0 fully saturated rings. The molecule has 0 aromatic heterocycles. The molecule has 1 amide bonds. The van der Waals surface area contributed by atoms with Crippen LogP contribution in [0, 0.1) is 21.4 Å². The Morgan fingerprint density at radius 2 is 1.83 bits per heavy atom. The van der Waals surface area contributed by atoms with E-state index in [0.717, 1.165) is 11.4 Å². The van der Waals surface area contributed by atoms with Crippen molar-refractivity contribution >= 4 is 28.8 Å². The van der Waals surface area contributed by atoms with Crippen LogP contribution in [0.1, 0.15) is 38.8 Å². The second-order valence-electron chi connectivity index (χ2n) is 8.53. The van der Waals surface area contributed by atoms with Gasteiger partial charge >= 0.3 is 0 Å². The van der Waals surface area contributed by atoms with E-state index in [0.29, 0.717) is 17.7 Å². The molecule has 0 bridgehead atoms. The number of nitrogens with one attached hydrogen (secondary N) is 1. The number of amides is 1. The van der Waals surface area contributed by atoms with Gasteiger partial charge in [0.15, 0.2) is 0 Å². The molecular weight excluding hydrogens is 382 g/mol.